The van der Waals surface area contributed by atoms with Gasteiger partial charge in [0.15, 0.2) is 18.2 Å². The average molecular weight is 403 g/mol. The number of rotatable bonds is 8. The normalized spacial score (nSPS) is 15.4. The van der Waals surface area contributed by atoms with E-state index in [1.807, 2.05) is 0 Å². The van der Waals surface area contributed by atoms with Crippen LogP contribution in [0.25, 0.3) is 0 Å². The second-order valence-electron chi connectivity index (χ2n) is 7.05. The van der Waals surface area contributed by atoms with Crippen molar-refractivity contribution < 1.29 is 13.9 Å². The van der Waals surface area contributed by atoms with Crippen LogP contribution in [0.1, 0.15) is 18.4 Å². The van der Waals surface area contributed by atoms with Gasteiger partial charge in [0, 0.05) is 18.0 Å². The number of nitrogens with zero attached hydrogens (tertiary/aromatic N) is 1. The van der Waals surface area contributed by atoms with Gasteiger partial charge in [-0.25, -0.2) is 4.39 Å². The Morgan fingerprint density at radius 2 is 1.89 bits per heavy atom. The number of thioether (sulfide) groups is 1. The highest BCUT2D eigenvalue weighted by molar-refractivity contribution is 7.98. The van der Waals surface area contributed by atoms with E-state index in [0.717, 1.165) is 32.5 Å². The van der Waals surface area contributed by atoms with Gasteiger partial charge in [0.1, 0.15) is 0 Å². The Hall–Kier alpha value is -2.05. The molecule has 1 amide bonds. The predicted molar refractivity (Wildman–Crippen MR) is 111 cm³/mol. The average Bonchev–Trinajstić information content (AvgIpc) is 2.73. The minimum atomic E-state index is -0.453. The first-order valence-electron chi connectivity index (χ1n) is 9.64. The molecule has 6 heteroatoms. The van der Waals surface area contributed by atoms with Crippen molar-refractivity contribution in [2.24, 2.45) is 5.92 Å². The van der Waals surface area contributed by atoms with E-state index in [0.29, 0.717) is 12.5 Å². The largest absolute Gasteiger partial charge is 0.481 e. The van der Waals surface area contributed by atoms with Gasteiger partial charge in [0.05, 0.1) is 0 Å². The summed E-state index contributed by atoms with van der Waals surface area (Å²) in [4.78, 5) is 15.8. The van der Waals surface area contributed by atoms with Crippen molar-refractivity contribution in [1.29, 1.82) is 0 Å². The van der Waals surface area contributed by atoms with Crippen molar-refractivity contribution in [3.63, 3.8) is 0 Å². The molecule has 0 saturated carbocycles. The van der Waals surface area contributed by atoms with E-state index >= 15 is 0 Å². The summed E-state index contributed by atoms with van der Waals surface area (Å²) < 4.78 is 18.7. The van der Waals surface area contributed by atoms with Crippen LogP contribution in [0.15, 0.2) is 53.4 Å². The molecule has 3 rings (SSSR count). The molecule has 0 spiro atoms. The lowest BCUT2D eigenvalue weighted by Crippen LogP contribution is -2.39. The first-order chi connectivity index (χ1) is 13.7. The second kappa shape index (κ2) is 10.5. The third-order valence-corrected chi connectivity index (χ3v) is 5.92. The Bertz CT molecular complexity index is 779. The number of likely N-dealkylation sites (tertiary alicyclic amines) is 1. The SMILES string of the molecule is CSc1ccccc1CN1CCC(CNC(=O)COc2ccccc2F)CC1. The maximum atomic E-state index is 13.5. The standard InChI is InChI=1S/C22H27FN2O2S/c1-28-21-9-5-2-6-18(21)15-25-12-10-17(11-13-25)14-24-22(26)16-27-20-8-4-3-7-19(20)23/h2-9,17H,10-16H2,1H3,(H,24,26). The summed E-state index contributed by atoms with van der Waals surface area (Å²) in [6, 6.07) is 14.7. The highest BCUT2D eigenvalue weighted by Gasteiger charge is 2.20. The van der Waals surface area contributed by atoms with Crippen LogP contribution in [-0.4, -0.2) is 43.3 Å². The fraction of sp³-hybridized carbons (Fsp3) is 0.409. The number of hydrogen-bond acceptors (Lipinski definition) is 4. The number of piperidine rings is 1. The minimum Gasteiger partial charge on any atom is -0.481 e. The summed E-state index contributed by atoms with van der Waals surface area (Å²) in [6.07, 6.45) is 4.25. The summed E-state index contributed by atoms with van der Waals surface area (Å²) in [7, 11) is 0. The van der Waals surface area contributed by atoms with Crippen molar-refractivity contribution in [2.45, 2.75) is 24.3 Å². The molecule has 4 nitrogen and oxygen atoms in total. The van der Waals surface area contributed by atoms with E-state index in [1.54, 1.807) is 23.9 Å². The number of carbonyl (C=O) groups excluding carboxylic acids is 1. The van der Waals surface area contributed by atoms with Gasteiger partial charge in [-0.3, -0.25) is 9.69 Å². The third kappa shape index (κ3) is 5.97. The van der Waals surface area contributed by atoms with Crippen molar-refractivity contribution in [1.82, 2.24) is 10.2 Å². The Labute approximate surface area is 170 Å². The lowest BCUT2D eigenvalue weighted by atomic mass is 9.96. The quantitative estimate of drug-likeness (QED) is 0.679. The van der Waals surface area contributed by atoms with Crippen molar-refractivity contribution in [2.75, 3.05) is 32.5 Å². The zero-order valence-electron chi connectivity index (χ0n) is 16.2. The van der Waals surface area contributed by atoms with Gasteiger partial charge in [-0.05, 0) is 61.9 Å². The Morgan fingerprint density at radius 1 is 1.18 bits per heavy atom. The molecule has 28 heavy (non-hydrogen) atoms. The van der Waals surface area contributed by atoms with Gasteiger partial charge in [-0.15, -0.1) is 11.8 Å². The molecule has 1 fully saturated rings. The number of benzene rings is 2. The maximum absolute atomic E-state index is 13.5. The van der Waals surface area contributed by atoms with Crippen LogP contribution in [-0.2, 0) is 11.3 Å². The highest BCUT2D eigenvalue weighted by Crippen LogP contribution is 2.24. The Kier molecular flexibility index (Phi) is 7.74. The summed E-state index contributed by atoms with van der Waals surface area (Å²) in [5.74, 6) is -0.0776. The number of nitrogens with one attached hydrogen (secondary N) is 1. The zero-order chi connectivity index (χ0) is 19.8. The smallest absolute Gasteiger partial charge is 0.257 e. The second-order valence-corrected chi connectivity index (χ2v) is 7.90. The fourth-order valence-electron chi connectivity index (χ4n) is 3.44. The molecule has 0 unspecified atom stereocenters. The molecule has 1 N–H and O–H groups in total. The number of carbonyl (C=O) groups is 1. The lowest BCUT2D eigenvalue weighted by molar-refractivity contribution is -0.123. The molecular formula is C22H27FN2O2S. The van der Waals surface area contributed by atoms with Crippen LogP contribution in [0.5, 0.6) is 5.75 Å². The summed E-state index contributed by atoms with van der Waals surface area (Å²) >= 11 is 1.79. The summed E-state index contributed by atoms with van der Waals surface area (Å²) in [5, 5.41) is 2.92. The van der Waals surface area contributed by atoms with Gasteiger partial charge in [-0.1, -0.05) is 30.3 Å². The van der Waals surface area contributed by atoms with E-state index < -0.39 is 5.82 Å². The molecule has 1 heterocycles. The van der Waals surface area contributed by atoms with Crippen LogP contribution in [0.3, 0.4) is 0 Å². The molecule has 0 atom stereocenters. The topological polar surface area (TPSA) is 41.6 Å². The first kappa shape index (κ1) is 20.7. The van der Waals surface area contributed by atoms with Crippen LogP contribution < -0.4 is 10.1 Å². The van der Waals surface area contributed by atoms with Crippen molar-refractivity contribution >= 4 is 17.7 Å². The van der Waals surface area contributed by atoms with Gasteiger partial charge >= 0.3 is 0 Å². The third-order valence-electron chi connectivity index (χ3n) is 5.08. The summed E-state index contributed by atoms with van der Waals surface area (Å²) in [6.45, 7) is 3.54. The minimum absolute atomic E-state index is 0.108. The molecule has 0 bridgehead atoms. The Morgan fingerprint density at radius 3 is 2.64 bits per heavy atom. The van der Waals surface area contributed by atoms with Gasteiger partial charge in [-0.2, -0.15) is 0 Å². The fourth-order valence-corrected chi connectivity index (χ4v) is 4.05. The molecule has 2 aromatic carbocycles. The van der Waals surface area contributed by atoms with E-state index in [-0.39, 0.29) is 18.3 Å². The van der Waals surface area contributed by atoms with Crippen LogP contribution >= 0.6 is 11.8 Å². The molecule has 150 valence electrons. The van der Waals surface area contributed by atoms with Gasteiger partial charge in [0.2, 0.25) is 0 Å². The van der Waals surface area contributed by atoms with Gasteiger partial charge < -0.3 is 10.1 Å². The number of ether oxygens (including phenoxy) is 1. The number of amides is 1. The van der Waals surface area contributed by atoms with Crippen LogP contribution in [0.4, 0.5) is 4.39 Å². The number of para-hydroxylation sites is 1. The Balaban J connectivity index is 1.36. The van der Waals surface area contributed by atoms with Crippen molar-refractivity contribution in [3.8, 4) is 5.75 Å². The molecule has 0 aliphatic carbocycles. The van der Waals surface area contributed by atoms with E-state index in [4.69, 9.17) is 4.74 Å². The summed E-state index contributed by atoms with van der Waals surface area (Å²) in [5.41, 5.74) is 1.38. The van der Waals surface area contributed by atoms with E-state index in [2.05, 4.69) is 40.7 Å². The highest BCUT2D eigenvalue weighted by atomic mass is 32.2. The predicted octanol–water partition coefficient (Wildman–Crippen LogP) is 3.95. The molecule has 1 aliphatic rings. The molecule has 2 aromatic rings. The molecule has 1 aliphatic heterocycles. The maximum Gasteiger partial charge on any atom is 0.257 e. The monoisotopic (exact) mass is 402 g/mol. The van der Waals surface area contributed by atoms with Crippen molar-refractivity contribution in [3.05, 3.63) is 59.9 Å². The molecule has 0 radical (unpaired) electrons. The number of halogens is 1. The first-order valence-corrected chi connectivity index (χ1v) is 10.9. The lowest BCUT2D eigenvalue weighted by Gasteiger charge is -2.32. The van der Waals surface area contributed by atoms with Crippen LogP contribution in [0.2, 0.25) is 0 Å². The van der Waals surface area contributed by atoms with Crippen LogP contribution in [0, 0.1) is 11.7 Å². The number of hydrogen-bond donors (Lipinski definition) is 1. The van der Waals surface area contributed by atoms with Gasteiger partial charge in [0.25, 0.3) is 5.91 Å². The molecule has 1 saturated heterocycles. The molecular weight excluding hydrogens is 375 g/mol. The van der Waals surface area contributed by atoms with E-state index in [1.165, 1.54) is 22.6 Å². The van der Waals surface area contributed by atoms with E-state index in [9.17, 15) is 9.18 Å². The zero-order valence-corrected chi connectivity index (χ0v) is 17.0. The molecule has 0 aromatic heterocycles.